The highest BCUT2D eigenvalue weighted by molar-refractivity contribution is 5.64. The Morgan fingerprint density at radius 2 is 1.41 bits per heavy atom. The zero-order chi connectivity index (χ0) is 20.1. The minimum Gasteiger partial charge on any atom is -0.282 e. The van der Waals surface area contributed by atoms with Crippen LogP contribution < -0.4 is 5.56 Å². The topological polar surface area (TPSA) is 63.6 Å². The largest absolute Gasteiger partial charge is 0.282 e. The van der Waals surface area contributed by atoms with E-state index in [9.17, 15) is 4.79 Å². The fourth-order valence-corrected chi connectivity index (χ4v) is 3.54. The first-order valence-electron chi connectivity index (χ1n) is 9.89. The van der Waals surface area contributed by atoms with E-state index in [1.165, 1.54) is 15.8 Å². The Labute approximate surface area is 170 Å². The van der Waals surface area contributed by atoms with E-state index in [4.69, 9.17) is 0 Å². The van der Waals surface area contributed by atoms with Gasteiger partial charge in [0.05, 0.1) is 11.4 Å². The molecule has 4 rings (SSSR count). The standard InChI is InChI=1S/C24H24N4O/c1-28-23(29)17-16-22(27-28)24-20(14-12-18-8-4-2-5-9-18)25-26-21(24)15-13-19-10-6-3-7-11-19/h2-11,16-17H,12-15H2,1H3,(H,25,26). The molecule has 5 nitrogen and oxygen atoms in total. The van der Waals surface area contributed by atoms with E-state index in [-0.39, 0.29) is 5.56 Å². The number of H-pyrrole nitrogens is 1. The van der Waals surface area contributed by atoms with Gasteiger partial charge in [0.25, 0.3) is 5.56 Å². The van der Waals surface area contributed by atoms with Crippen molar-refractivity contribution in [1.82, 2.24) is 20.0 Å². The van der Waals surface area contributed by atoms with Crippen LogP contribution in [0.5, 0.6) is 0 Å². The monoisotopic (exact) mass is 384 g/mol. The maximum atomic E-state index is 11.8. The van der Waals surface area contributed by atoms with Crippen LogP contribution in [-0.2, 0) is 32.7 Å². The molecule has 0 aliphatic heterocycles. The van der Waals surface area contributed by atoms with Crippen LogP contribution in [0.4, 0.5) is 0 Å². The Hall–Kier alpha value is -3.47. The number of nitrogens with one attached hydrogen (secondary N) is 1. The molecule has 0 aliphatic rings. The Morgan fingerprint density at radius 1 is 0.793 bits per heavy atom. The van der Waals surface area contributed by atoms with Gasteiger partial charge in [0.2, 0.25) is 0 Å². The first kappa shape index (κ1) is 18.9. The molecule has 1 N–H and O–H groups in total. The molecule has 0 unspecified atom stereocenters. The second-order valence-electron chi connectivity index (χ2n) is 7.18. The molecule has 0 bridgehead atoms. The van der Waals surface area contributed by atoms with Crippen molar-refractivity contribution in [2.24, 2.45) is 7.05 Å². The van der Waals surface area contributed by atoms with Gasteiger partial charge in [-0.05, 0) is 42.9 Å². The number of rotatable bonds is 7. The lowest BCUT2D eigenvalue weighted by atomic mass is 9.99. The minimum atomic E-state index is -0.117. The number of hydrogen-bond donors (Lipinski definition) is 1. The highest BCUT2D eigenvalue weighted by Gasteiger charge is 2.17. The van der Waals surface area contributed by atoms with Gasteiger partial charge in [0.15, 0.2) is 0 Å². The van der Waals surface area contributed by atoms with E-state index in [0.717, 1.165) is 48.3 Å². The average Bonchev–Trinajstić information content (AvgIpc) is 3.17. The number of hydrogen-bond acceptors (Lipinski definition) is 3. The van der Waals surface area contributed by atoms with Crippen LogP contribution >= 0.6 is 0 Å². The third-order valence-corrected chi connectivity index (χ3v) is 5.13. The highest BCUT2D eigenvalue weighted by atomic mass is 16.1. The number of nitrogens with zero attached hydrogens (tertiary/aromatic N) is 3. The fraction of sp³-hybridized carbons (Fsp3) is 0.208. The van der Waals surface area contributed by atoms with Crippen molar-refractivity contribution in [3.05, 3.63) is 106 Å². The molecule has 2 aromatic carbocycles. The van der Waals surface area contributed by atoms with Crippen molar-refractivity contribution >= 4 is 0 Å². The molecular weight excluding hydrogens is 360 g/mol. The molecule has 5 heteroatoms. The van der Waals surface area contributed by atoms with Gasteiger partial charge in [0.1, 0.15) is 0 Å². The van der Waals surface area contributed by atoms with Gasteiger partial charge >= 0.3 is 0 Å². The first-order chi connectivity index (χ1) is 14.2. The fourth-order valence-electron chi connectivity index (χ4n) is 3.54. The molecule has 0 fully saturated rings. The minimum absolute atomic E-state index is 0.117. The smallest absolute Gasteiger partial charge is 0.266 e. The van der Waals surface area contributed by atoms with E-state index < -0.39 is 0 Å². The van der Waals surface area contributed by atoms with Crippen molar-refractivity contribution in [2.75, 3.05) is 0 Å². The number of aryl methyl sites for hydroxylation is 5. The van der Waals surface area contributed by atoms with Gasteiger partial charge < -0.3 is 0 Å². The van der Waals surface area contributed by atoms with Gasteiger partial charge in [0, 0.05) is 24.4 Å². The second-order valence-corrected chi connectivity index (χ2v) is 7.18. The number of benzene rings is 2. The maximum Gasteiger partial charge on any atom is 0.266 e. The molecule has 0 radical (unpaired) electrons. The van der Waals surface area contributed by atoms with Gasteiger partial charge in [-0.2, -0.15) is 10.2 Å². The highest BCUT2D eigenvalue weighted by Crippen LogP contribution is 2.26. The Kier molecular flexibility index (Phi) is 5.66. The quantitative estimate of drug-likeness (QED) is 0.528. The zero-order valence-electron chi connectivity index (χ0n) is 16.5. The summed E-state index contributed by atoms with van der Waals surface area (Å²) in [5, 5.41) is 12.3. The third kappa shape index (κ3) is 4.51. The van der Waals surface area contributed by atoms with Crippen molar-refractivity contribution < 1.29 is 0 Å². The third-order valence-electron chi connectivity index (χ3n) is 5.13. The molecule has 0 atom stereocenters. The molecule has 2 aromatic heterocycles. The van der Waals surface area contributed by atoms with E-state index in [2.05, 4.69) is 63.8 Å². The number of aromatic nitrogens is 4. The molecule has 146 valence electrons. The molecule has 0 amide bonds. The Balaban J connectivity index is 1.64. The predicted molar refractivity (Wildman–Crippen MR) is 115 cm³/mol. The molecular formula is C24H24N4O. The van der Waals surface area contributed by atoms with E-state index in [1.807, 2.05) is 12.1 Å². The van der Waals surface area contributed by atoms with Crippen molar-refractivity contribution in [1.29, 1.82) is 0 Å². The van der Waals surface area contributed by atoms with Crippen LogP contribution in [0.15, 0.2) is 77.6 Å². The SMILES string of the molecule is Cn1nc(-c2c(CCc3ccccc3)n[nH]c2CCc2ccccc2)ccc1=O. The average molecular weight is 384 g/mol. The summed E-state index contributed by atoms with van der Waals surface area (Å²) in [4.78, 5) is 11.8. The molecule has 29 heavy (non-hydrogen) atoms. The van der Waals surface area contributed by atoms with Crippen molar-refractivity contribution in [2.45, 2.75) is 25.7 Å². The number of aromatic amines is 1. The van der Waals surface area contributed by atoms with Crippen molar-refractivity contribution in [3.63, 3.8) is 0 Å². The van der Waals surface area contributed by atoms with Crippen LogP contribution in [0.25, 0.3) is 11.3 Å². The lowest BCUT2D eigenvalue weighted by Crippen LogP contribution is -2.18. The van der Waals surface area contributed by atoms with Crippen LogP contribution in [0.3, 0.4) is 0 Å². The van der Waals surface area contributed by atoms with Crippen LogP contribution in [0, 0.1) is 0 Å². The molecule has 4 aromatic rings. The lowest BCUT2D eigenvalue weighted by molar-refractivity contribution is 0.711. The summed E-state index contributed by atoms with van der Waals surface area (Å²) in [5.74, 6) is 0. The lowest BCUT2D eigenvalue weighted by Gasteiger charge is -2.08. The molecule has 0 saturated carbocycles. The molecule has 0 saturated heterocycles. The van der Waals surface area contributed by atoms with E-state index in [1.54, 1.807) is 19.2 Å². The summed E-state index contributed by atoms with van der Waals surface area (Å²) < 4.78 is 1.38. The summed E-state index contributed by atoms with van der Waals surface area (Å²) in [7, 11) is 1.68. The van der Waals surface area contributed by atoms with E-state index >= 15 is 0 Å². The first-order valence-corrected chi connectivity index (χ1v) is 9.89. The van der Waals surface area contributed by atoms with Crippen molar-refractivity contribution in [3.8, 4) is 11.3 Å². The van der Waals surface area contributed by atoms with Gasteiger partial charge in [-0.3, -0.25) is 9.89 Å². The summed E-state index contributed by atoms with van der Waals surface area (Å²) in [6, 6.07) is 24.2. The molecule has 0 spiro atoms. The van der Waals surface area contributed by atoms with Crippen LogP contribution in [0.2, 0.25) is 0 Å². The van der Waals surface area contributed by atoms with Gasteiger partial charge in [-0.15, -0.1) is 0 Å². The Morgan fingerprint density at radius 3 is 2.03 bits per heavy atom. The van der Waals surface area contributed by atoms with Gasteiger partial charge in [-0.1, -0.05) is 60.7 Å². The summed E-state index contributed by atoms with van der Waals surface area (Å²) in [5.41, 5.74) is 6.30. The van der Waals surface area contributed by atoms with Gasteiger partial charge in [-0.25, -0.2) is 4.68 Å². The van der Waals surface area contributed by atoms with E-state index in [0.29, 0.717) is 0 Å². The zero-order valence-corrected chi connectivity index (χ0v) is 16.5. The summed E-state index contributed by atoms with van der Waals surface area (Å²) in [6.45, 7) is 0. The summed E-state index contributed by atoms with van der Waals surface area (Å²) in [6.07, 6.45) is 3.47. The Bertz CT molecular complexity index is 1070. The molecule has 0 aliphatic carbocycles. The van der Waals surface area contributed by atoms with Crippen LogP contribution in [0.1, 0.15) is 22.5 Å². The summed E-state index contributed by atoms with van der Waals surface area (Å²) >= 11 is 0. The predicted octanol–water partition coefficient (Wildman–Crippen LogP) is 3.74. The molecule has 2 heterocycles. The van der Waals surface area contributed by atoms with Crippen LogP contribution in [-0.4, -0.2) is 20.0 Å². The maximum absolute atomic E-state index is 11.8. The normalized spacial score (nSPS) is 10.9. The second kappa shape index (κ2) is 8.69.